The summed E-state index contributed by atoms with van der Waals surface area (Å²) in [4.78, 5) is 16.0. The van der Waals surface area contributed by atoms with Crippen molar-refractivity contribution in [2.75, 3.05) is 11.9 Å². The molecule has 2 aromatic heterocycles. The fourth-order valence-electron chi connectivity index (χ4n) is 2.42. The molecule has 6 heteroatoms. The van der Waals surface area contributed by atoms with Gasteiger partial charge in [0.2, 0.25) is 0 Å². The number of hydrogen-bond acceptors (Lipinski definition) is 4. The Morgan fingerprint density at radius 1 is 1.18 bits per heavy atom. The van der Waals surface area contributed by atoms with Gasteiger partial charge in [-0.15, -0.1) is 0 Å². The summed E-state index contributed by atoms with van der Waals surface area (Å²) < 4.78 is 1.95. The van der Waals surface area contributed by atoms with Crippen LogP contribution in [0.2, 0.25) is 0 Å². The molecule has 0 fully saturated rings. The van der Waals surface area contributed by atoms with Gasteiger partial charge in [-0.1, -0.05) is 36.4 Å². The molecular formula is C16H16N4O2. The Balaban J connectivity index is 2.14. The highest BCUT2D eigenvalue weighted by Gasteiger charge is 2.15. The second kappa shape index (κ2) is 5.87. The van der Waals surface area contributed by atoms with Crippen molar-refractivity contribution in [2.24, 2.45) is 0 Å². The van der Waals surface area contributed by atoms with Gasteiger partial charge in [-0.25, -0.2) is 10.5 Å². The Morgan fingerprint density at radius 3 is 2.68 bits per heavy atom. The van der Waals surface area contributed by atoms with Crippen molar-refractivity contribution in [3.8, 4) is 11.3 Å². The van der Waals surface area contributed by atoms with Gasteiger partial charge in [-0.05, 0) is 19.1 Å². The Labute approximate surface area is 127 Å². The van der Waals surface area contributed by atoms with E-state index in [1.54, 1.807) is 5.48 Å². The zero-order valence-electron chi connectivity index (χ0n) is 12.1. The number of fused-ring (bicyclic) bond motifs is 1. The summed E-state index contributed by atoms with van der Waals surface area (Å²) in [6, 6.07) is 15.6. The lowest BCUT2D eigenvalue weighted by Crippen LogP contribution is -2.27. The number of benzene rings is 1. The number of carbonyl (C=O) groups is 1. The monoisotopic (exact) mass is 296 g/mol. The number of aryl methyl sites for hydroxylation is 1. The van der Waals surface area contributed by atoms with Crippen LogP contribution < -0.4 is 10.8 Å². The maximum atomic E-state index is 11.3. The van der Waals surface area contributed by atoms with E-state index < -0.39 is 5.91 Å². The van der Waals surface area contributed by atoms with E-state index in [0.717, 1.165) is 28.4 Å². The molecule has 3 N–H and O–H groups in total. The Hall–Kier alpha value is -2.86. The van der Waals surface area contributed by atoms with Crippen LogP contribution >= 0.6 is 0 Å². The first kappa shape index (κ1) is 14.1. The van der Waals surface area contributed by atoms with Gasteiger partial charge in [0.25, 0.3) is 5.91 Å². The van der Waals surface area contributed by atoms with Crippen molar-refractivity contribution in [3.05, 3.63) is 54.2 Å². The third kappa shape index (κ3) is 2.51. The van der Waals surface area contributed by atoms with Gasteiger partial charge >= 0.3 is 0 Å². The average molecular weight is 296 g/mol. The number of hydrogen-bond donors (Lipinski definition) is 3. The fraction of sp³-hybridized carbons (Fsp3) is 0.125. The van der Waals surface area contributed by atoms with Crippen molar-refractivity contribution in [1.29, 1.82) is 0 Å². The molecule has 3 rings (SSSR count). The summed E-state index contributed by atoms with van der Waals surface area (Å²) >= 11 is 0. The number of nitrogens with one attached hydrogen (secondary N) is 2. The summed E-state index contributed by atoms with van der Waals surface area (Å²) in [7, 11) is 0. The number of hydroxylamine groups is 1. The maximum absolute atomic E-state index is 11.3. The highest BCUT2D eigenvalue weighted by Crippen LogP contribution is 2.29. The molecule has 1 amide bonds. The van der Waals surface area contributed by atoms with Crippen molar-refractivity contribution < 1.29 is 10.0 Å². The van der Waals surface area contributed by atoms with Crippen LogP contribution in [0.3, 0.4) is 0 Å². The third-order valence-electron chi connectivity index (χ3n) is 3.43. The number of nitrogens with zero attached hydrogens (tertiary/aromatic N) is 2. The lowest BCUT2D eigenvalue weighted by molar-refractivity contribution is -0.127. The van der Waals surface area contributed by atoms with E-state index in [4.69, 9.17) is 5.21 Å². The quantitative estimate of drug-likeness (QED) is 0.509. The van der Waals surface area contributed by atoms with Crippen molar-refractivity contribution in [2.45, 2.75) is 6.92 Å². The number of rotatable bonds is 4. The summed E-state index contributed by atoms with van der Waals surface area (Å²) in [5.41, 5.74) is 5.13. The molecule has 0 atom stereocenters. The number of pyridine rings is 1. The first-order valence-electron chi connectivity index (χ1n) is 6.91. The Kier molecular flexibility index (Phi) is 3.76. The van der Waals surface area contributed by atoms with Crippen molar-refractivity contribution in [1.82, 2.24) is 14.9 Å². The van der Waals surface area contributed by atoms with E-state index in [9.17, 15) is 4.79 Å². The van der Waals surface area contributed by atoms with Gasteiger partial charge < -0.3 is 5.32 Å². The minimum Gasteiger partial charge on any atom is -0.360 e. The lowest BCUT2D eigenvalue weighted by atomic mass is 10.1. The number of amides is 1. The number of imidazole rings is 1. The van der Waals surface area contributed by atoms with Crippen LogP contribution in [-0.2, 0) is 4.79 Å². The smallest absolute Gasteiger partial charge is 0.262 e. The van der Waals surface area contributed by atoms with Crippen LogP contribution in [0.1, 0.15) is 5.69 Å². The summed E-state index contributed by atoms with van der Waals surface area (Å²) in [6.45, 7) is 1.93. The van der Waals surface area contributed by atoms with E-state index in [1.807, 2.05) is 59.9 Å². The van der Waals surface area contributed by atoms with E-state index >= 15 is 0 Å². The van der Waals surface area contributed by atoms with Crippen molar-refractivity contribution >= 4 is 17.4 Å². The minimum absolute atomic E-state index is 0.0432. The average Bonchev–Trinajstić information content (AvgIpc) is 2.93. The first-order chi connectivity index (χ1) is 10.7. The summed E-state index contributed by atoms with van der Waals surface area (Å²) in [5.74, 6) is 0.213. The highest BCUT2D eigenvalue weighted by atomic mass is 16.5. The molecule has 0 saturated carbocycles. The molecule has 0 bridgehead atoms. The molecule has 0 spiro atoms. The molecule has 2 heterocycles. The van der Waals surface area contributed by atoms with Gasteiger partial charge in [0.05, 0.1) is 6.54 Å². The molecule has 0 unspecified atom stereocenters. The molecule has 112 valence electrons. The van der Waals surface area contributed by atoms with E-state index in [1.165, 1.54) is 0 Å². The maximum Gasteiger partial charge on any atom is 0.262 e. The zero-order chi connectivity index (χ0) is 15.5. The zero-order valence-corrected chi connectivity index (χ0v) is 12.1. The highest BCUT2D eigenvalue weighted by molar-refractivity contribution is 5.83. The number of aromatic nitrogens is 2. The molecule has 22 heavy (non-hydrogen) atoms. The van der Waals surface area contributed by atoms with Gasteiger partial charge in [-0.3, -0.25) is 14.4 Å². The van der Waals surface area contributed by atoms with Crippen LogP contribution in [0.5, 0.6) is 0 Å². The number of anilines is 1. The topological polar surface area (TPSA) is 78.7 Å². The Morgan fingerprint density at radius 2 is 1.95 bits per heavy atom. The summed E-state index contributed by atoms with van der Waals surface area (Å²) in [5, 5.41) is 11.7. The van der Waals surface area contributed by atoms with Gasteiger partial charge in [0.1, 0.15) is 17.2 Å². The fourth-order valence-corrected chi connectivity index (χ4v) is 2.42. The Bertz CT molecular complexity index is 812. The normalized spacial score (nSPS) is 10.6. The largest absolute Gasteiger partial charge is 0.360 e. The number of carbonyl (C=O) groups excluding carboxylic acids is 1. The van der Waals surface area contributed by atoms with Crippen LogP contribution in [0, 0.1) is 6.92 Å². The molecule has 0 aliphatic heterocycles. The summed E-state index contributed by atoms with van der Waals surface area (Å²) in [6.07, 6.45) is 0. The lowest BCUT2D eigenvalue weighted by Gasteiger charge is -2.09. The minimum atomic E-state index is -0.512. The van der Waals surface area contributed by atoms with Gasteiger partial charge in [-0.2, -0.15) is 0 Å². The second-order valence-corrected chi connectivity index (χ2v) is 4.92. The second-order valence-electron chi connectivity index (χ2n) is 4.92. The van der Waals surface area contributed by atoms with Crippen LogP contribution in [0.4, 0.5) is 5.82 Å². The predicted octanol–water partition coefficient (Wildman–Crippen LogP) is 2.23. The van der Waals surface area contributed by atoms with Crippen LogP contribution in [-0.4, -0.2) is 27.0 Å². The third-order valence-corrected chi connectivity index (χ3v) is 3.43. The molecule has 6 nitrogen and oxygen atoms in total. The van der Waals surface area contributed by atoms with E-state index in [0.29, 0.717) is 0 Å². The van der Waals surface area contributed by atoms with Crippen LogP contribution in [0.25, 0.3) is 16.9 Å². The van der Waals surface area contributed by atoms with E-state index in [-0.39, 0.29) is 6.54 Å². The standard InChI is InChI=1S/C16H16N4O2/c1-11-6-5-9-13-18-15(12-7-3-2-4-8-12)16(20(11)13)17-10-14(21)19-22/h2-9,17,22H,10H2,1H3,(H,19,21). The molecule has 3 aromatic rings. The van der Waals surface area contributed by atoms with Crippen molar-refractivity contribution in [3.63, 3.8) is 0 Å². The van der Waals surface area contributed by atoms with Gasteiger partial charge in [0, 0.05) is 11.3 Å². The van der Waals surface area contributed by atoms with E-state index in [2.05, 4.69) is 10.3 Å². The molecule has 0 radical (unpaired) electrons. The predicted molar refractivity (Wildman–Crippen MR) is 83.8 cm³/mol. The van der Waals surface area contributed by atoms with Gasteiger partial charge in [0.15, 0.2) is 0 Å². The molecule has 0 aliphatic rings. The van der Waals surface area contributed by atoms with Crippen LogP contribution in [0.15, 0.2) is 48.5 Å². The molecule has 0 saturated heterocycles. The molecule has 0 aliphatic carbocycles. The molecule has 1 aromatic carbocycles. The molecular weight excluding hydrogens is 280 g/mol. The SMILES string of the molecule is Cc1cccc2nc(-c3ccccc3)c(NCC(=O)NO)n12. The first-order valence-corrected chi connectivity index (χ1v) is 6.91.